The van der Waals surface area contributed by atoms with Crippen LogP contribution in [0, 0.1) is 0 Å². The molecule has 0 aliphatic carbocycles. The minimum absolute atomic E-state index is 0.0637. The van der Waals surface area contributed by atoms with Crippen molar-refractivity contribution < 1.29 is 9.53 Å². The lowest BCUT2D eigenvalue weighted by Crippen LogP contribution is -2.40. The van der Waals surface area contributed by atoms with Crippen LogP contribution in [-0.2, 0) is 11.2 Å². The lowest BCUT2D eigenvalue weighted by atomic mass is 10.0. The lowest BCUT2D eigenvalue weighted by Gasteiger charge is -2.31. The smallest absolute Gasteiger partial charge is 0.240 e. The van der Waals surface area contributed by atoms with Crippen molar-refractivity contribution in [3.63, 3.8) is 0 Å². The van der Waals surface area contributed by atoms with E-state index in [2.05, 4.69) is 21.2 Å². The van der Waals surface area contributed by atoms with Gasteiger partial charge in [-0.15, -0.1) is 5.10 Å². The van der Waals surface area contributed by atoms with Crippen LogP contribution in [0.25, 0.3) is 11.4 Å². The minimum Gasteiger partial charge on any atom is -0.496 e. The van der Waals surface area contributed by atoms with Crippen LogP contribution in [0.3, 0.4) is 0 Å². The van der Waals surface area contributed by atoms with Gasteiger partial charge in [-0.1, -0.05) is 41.6 Å². The van der Waals surface area contributed by atoms with Gasteiger partial charge in [-0.25, -0.2) is 4.98 Å². The number of nitrogens with one attached hydrogen (secondary N) is 1. The maximum Gasteiger partial charge on any atom is 0.240 e. The Morgan fingerprint density at radius 2 is 2.14 bits per heavy atom. The molecule has 4 rings (SSSR count). The molecule has 1 aromatic heterocycles. The fourth-order valence-electron chi connectivity index (χ4n) is 3.48. The van der Waals surface area contributed by atoms with Crippen LogP contribution in [0.2, 0.25) is 5.02 Å². The molecular formula is C21H21ClN4O2S. The highest BCUT2D eigenvalue weighted by Crippen LogP contribution is 2.33. The van der Waals surface area contributed by atoms with Crippen LogP contribution in [0.5, 0.6) is 5.75 Å². The molecule has 1 amide bonds. The second kappa shape index (κ2) is 8.47. The van der Waals surface area contributed by atoms with E-state index in [0.29, 0.717) is 21.8 Å². The number of hydrogen-bond donors (Lipinski definition) is 1. The summed E-state index contributed by atoms with van der Waals surface area (Å²) in [5, 5.41) is 7.96. The number of carbonyl (C=O) groups is 1. The van der Waals surface area contributed by atoms with Gasteiger partial charge in [0, 0.05) is 17.3 Å². The van der Waals surface area contributed by atoms with E-state index in [1.54, 1.807) is 25.3 Å². The number of hydrogen-bond acceptors (Lipinski definition) is 5. The quantitative estimate of drug-likeness (QED) is 0.601. The fraction of sp³-hybridized carbons (Fsp3) is 0.286. The number of para-hydroxylation sites is 1. The molecule has 0 unspecified atom stereocenters. The molecule has 1 N–H and O–H groups in total. The highest BCUT2D eigenvalue weighted by molar-refractivity contribution is 8.00. The molecule has 1 atom stereocenters. The second-order valence-electron chi connectivity index (χ2n) is 6.79. The van der Waals surface area contributed by atoms with Gasteiger partial charge >= 0.3 is 0 Å². The van der Waals surface area contributed by atoms with Gasteiger partial charge in [-0.3, -0.25) is 9.89 Å². The second-order valence-corrected chi connectivity index (χ2v) is 8.54. The minimum atomic E-state index is -0.314. The lowest BCUT2D eigenvalue weighted by molar-refractivity contribution is -0.117. The van der Waals surface area contributed by atoms with Crippen molar-refractivity contribution in [1.29, 1.82) is 0 Å². The number of aromatic nitrogens is 3. The van der Waals surface area contributed by atoms with Crippen molar-refractivity contribution in [3.8, 4) is 17.1 Å². The zero-order valence-electron chi connectivity index (χ0n) is 16.2. The maximum absolute atomic E-state index is 13.1. The van der Waals surface area contributed by atoms with Crippen LogP contribution in [0.1, 0.15) is 18.9 Å². The molecule has 0 saturated carbocycles. The Morgan fingerprint density at radius 3 is 2.97 bits per heavy atom. The van der Waals surface area contributed by atoms with Crippen molar-refractivity contribution in [2.24, 2.45) is 0 Å². The summed E-state index contributed by atoms with van der Waals surface area (Å²) in [6.45, 7) is 2.62. The summed E-state index contributed by atoms with van der Waals surface area (Å²) in [6, 6.07) is 13.4. The molecule has 0 saturated heterocycles. The molecule has 6 nitrogen and oxygen atoms in total. The Hall–Kier alpha value is -2.51. The third-order valence-electron chi connectivity index (χ3n) is 4.89. The molecule has 2 heterocycles. The monoisotopic (exact) mass is 428 g/mol. The molecule has 29 heavy (non-hydrogen) atoms. The van der Waals surface area contributed by atoms with Crippen LogP contribution in [0.4, 0.5) is 5.69 Å². The number of halogens is 1. The number of ether oxygens (including phenoxy) is 1. The van der Waals surface area contributed by atoms with Crippen LogP contribution in [0.15, 0.2) is 47.6 Å². The number of aryl methyl sites for hydroxylation is 1. The highest BCUT2D eigenvalue weighted by atomic mass is 35.5. The number of nitrogens with zero attached hydrogens (tertiary/aromatic N) is 3. The Balaban J connectivity index is 1.51. The molecule has 0 bridgehead atoms. The third kappa shape index (κ3) is 4.11. The van der Waals surface area contributed by atoms with E-state index in [0.717, 1.165) is 30.6 Å². The van der Waals surface area contributed by atoms with E-state index < -0.39 is 0 Å². The standard InChI is InChI=1S/C21H21ClN4O2S/c1-13(20(27)26-11-5-7-14-6-3-4-8-17(14)26)29-21-23-19(24-25-21)16-12-15(22)9-10-18(16)28-2/h3-4,6,8-10,12-13H,5,7,11H2,1-2H3,(H,23,24,25)/t13-/m0/s1. The van der Waals surface area contributed by atoms with Gasteiger partial charge in [-0.2, -0.15) is 0 Å². The van der Waals surface area contributed by atoms with E-state index in [9.17, 15) is 4.79 Å². The number of carbonyl (C=O) groups excluding carboxylic acids is 1. The van der Waals surface area contributed by atoms with Gasteiger partial charge in [0.2, 0.25) is 11.1 Å². The maximum atomic E-state index is 13.1. The summed E-state index contributed by atoms with van der Waals surface area (Å²) in [4.78, 5) is 19.5. The predicted molar refractivity (Wildman–Crippen MR) is 116 cm³/mol. The van der Waals surface area contributed by atoms with Crippen molar-refractivity contribution in [1.82, 2.24) is 15.2 Å². The predicted octanol–water partition coefficient (Wildman–Crippen LogP) is 4.59. The van der Waals surface area contributed by atoms with Crippen LogP contribution >= 0.6 is 23.4 Å². The van der Waals surface area contributed by atoms with E-state index in [1.807, 2.05) is 30.0 Å². The number of amides is 1. The number of methoxy groups -OCH3 is 1. The molecule has 0 spiro atoms. The van der Waals surface area contributed by atoms with Crippen molar-refractivity contribution in [2.45, 2.75) is 30.2 Å². The molecule has 150 valence electrons. The summed E-state index contributed by atoms with van der Waals surface area (Å²) in [5.74, 6) is 1.26. The number of aromatic amines is 1. The first-order valence-electron chi connectivity index (χ1n) is 9.39. The number of thioether (sulfide) groups is 1. The Labute approximate surface area is 178 Å². The van der Waals surface area contributed by atoms with E-state index in [-0.39, 0.29) is 11.2 Å². The summed E-state index contributed by atoms with van der Waals surface area (Å²) >= 11 is 7.45. The Kier molecular flexibility index (Phi) is 5.78. The van der Waals surface area contributed by atoms with Gasteiger partial charge in [0.05, 0.1) is 17.9 Å². The molecule has 8 heteroatoms. The zero-order chi connectivity index (χ0) is 20.4. The number of fused-ring (bicyclic) bond motifs is 1. The van der Waals surface area contributed by atoms with E-state index in [4.69, 9.17) is 16.3 Å². The third-order valence-corrected chi connectivity index (χ3v) is 6.07. The fourth-order valence-corrected chi connectivity index (χ4v) is 4.43. The molecule has 0 radical (unpaired) electrons. The van der Waals surface area contributed by atoms with Crippen LogP contribution in [-0.4, -0.2) is 40.0 Å². The normalized spacial score (nSPS) is 14.4. The van der Waals surface area contributed by atoms with Crippen molar-refractivity contribution >= 4 is 35.0 Å². The molecule has 0 fully saturated rings. The van der Waals surface area contributed by atoms with Gasteiger partial charge in [0.25, 0.3) is 0 Å². The summed E-state index contributed by atoms with van der Waals surface area (Å²) < 4.78 is 5.38. The average molecular weight is 429 g/mol. The first-order valence-corrected chi connectivity index (χ1v) is 10.6. The molecule has 1 aliphatic rings. The summed E-state index contributed by atoms with van der Waals surface area (Å²) in [6.07, 6.45) is 1.98. The number of anilines is 1. The summed E-state index contributed by atoms with van der Waals surface area (Å²) in [7, 11) is 1.59. The van der Waals surface area contributed by atoms with E-state index >= 15 is 0 Å². The average Bonchev–Trinajstić information content (AvgIpc) is 3.21. The molecule has 1 aliphatic heterocycles. The highest BCUT2D eigenvalue weighted by Gasteiger charge is 2.27. The Morgan fingerprint density at radius 1 is 1.31 bits per heavy atom. The Bertz CT molecular complexity index is 1040. The topological polar surface area (TPSA) is 71.1 Å². The van der Waals surface area contributed by atoms with Gasteiger partial charge in [-0.05, 0) is 49.6 Å². The first kappa shape index (κ1) is 19.8. The molecule has 3 aromatic rings. The summed E-state index contributed by atoms with van der Waals surface area (Å²) in [5.41, 5.74) is 2.95. The van der Waals surface area contributed by atoms with Crippen molar-refractivity contribution in [2.75, 3.05) is 18.6 Å². The first-order chi connectivity index (χ1) is 14.1. The number of rotatable bonds is 5. The number of H-pyrrole nitrogens is 1. The molecular weight excluding hydrogens is 408 g/mol. The zero-order valence-corrected chi connectivity index (χ0v) is 17.8. The van der Waals surface area contributed by atoms with Gasteiger partial charge in [0.1, 0.15) is 5.75 Å². The van der Waals surface area contributed by atoms with Crippen LogP contribution < -0.4 is 9.64 Å². The van der Waals surface area contributed by atoms with Gasteiger partial charge in [0.15, 0.2) is 5.82 Å². The van der Waals surface area contributed by atoms with Crippen molar-refractivity contribution in [3.05, 3.63) is 53.1 Å². The van der Waals surface area contributed by atoms with Gasteiger partial charge < -0.3 is 9.64 Å². The molecule has 2 aromatic carbocycles. The largest absolute Gasteiger partial charge is 0.496 e. The number of benzene rings is 2. The van der Waals surface area contributed by atoms with E-state index in [1.165, 1.54) is 17.3 Å². The SMILES string of the molecule is COc1ccc(Cl)cc1-c1nc(S[C@@H](C)C(=O)N2CCCc3ccccc32)n[nH]1.